The summed E-state index contributed by atoms with van der Waals surface area (Å²) in [6.07, 6.45) is 1.67. The van der Waals surface area contributed by atoms with E-state index in [-0.39, 0.29) is 17.8 Å². The Morgan fingerprint density at radius 3 is 2.67 bits per heavy atom. The highest BCUT2D eigenvalue weighted by Crippen LogP contribution is 2.33. The number of halogens is 1. The van der Waals surface area contributed by atoms with Gasteiger partial charge in [-0.2, -0.15) is 5.10 Å². The predicted molar refractivity (Wildman–Crippen MR) is 87.2 cm³/mol. The average molecular weight is 328 g/mol. The summed E-state index contributed by atoms with van der Waals surface area (Å²) in [5.74, 6) is -0.406. The van der Waals surface area contributed by atoms with Crippen LogP contribution in [0.4, 0.5) is 10.1 Å². The molecule has 4 rings (SSSR count). The van der Waals surface area contributed by atoms with E-state index in [0.29, 0.717) is 35.6 Å². The zero-order valence-corrected chi connectivity index (χ0v) is 13.4. The fraction of sp³-hybridized carbons (Fsp3) is 0.353. The van der Waals surface area contributed by atoms with Crippen molar-refractivity contribution in [1.29, 1.82) is 0 Å². The first-order valence-corrected chi connectivity index (χ1v) is 7.90. The molecule has 0 saturated carbocycles. The summed E-state index contributed by atoms with van der Waals surface area (Å²) in [7, 11) is 0. The molecule has 1 saturated heterocycles. The maximum Gasteiger partial charge on any atom is 0.205 e. The van der Waals surface area contributed by atoms with E-state index in [4.69, 9.17) is 9.26 Å². The summed E-state index contributed by atoms with van der Waals surface area (Å²) in [6.45, 7) is 5.25. The molecule has 0 aliphatic carbocycles. The van der Waals surface area contributed by atoms with Gasteiger partial charge in [-0.15, -0.1) is 5.10 Å². The van der Waals surface area contributed by atoms with Gasteiger partial charge < -0.3 is 14.2 Å². The van der Waals surface area contributed by atoms with Gasteiger partial charge in [0.25, 0.3) is 0 Å². The number of aromatic nitrogens is 3. The molecule has 0 N–H and O–H groups in total. The topological polar surface area (TPSA) is 64.3 Å². The molecule has 1 aliphatic rings. The van der Waals surface area contributed by atoms with Crippen molar-refractivity contribution in [3.05, 3.63) is 36.3 Å². The van der Waals surface area contributed by atoms with Crippen LogP contribution in [0.5, 0.6) is 0 Å². The largest absolute Gasteiger partial charge is 0.372 e. The molecule has 3 aromatic rings. The van der Waals surface area contributed by atoms with Crippen molar-refractivity contribution < 1.29 is 13.7 Å². The lowest BCUT2D eigenvalue weighted by Crippen LogP contribution is -2.45. The Morgan fingerprint density at radius 2 is 1.96 bits per heavy atom. The zero-order chi connectivity index (χ0) is 16.7. The summed E-state index contributed by atoms with van der Waals surface area (Å²) in [5, 5.41) is 12.4. The van der Waals surface area contributed by atoms with Crippen molar-refractivity contribution in [1.82, 2.24) is 15.4 Å². The van der Waals surface area contributed by atoms with E-state index in [1.54, 1.807) is 24.4 Å². The van der Waals surface area contributed by atoms with Crippen LogP contribution in [0.2, 0.25) is 0 Å². The van der Waals surface area contributed by atoms with Gasteiger partial charge in [0.1, 0.15) is 11.4 Å². The summed E-state index contributed by atoms with van der Waals surface area (Å²) >= 11 is 0. The normalized spacial score (nSPS) is 21.4. The standard InChI is InChI=1S/C17H17FN4O2/c1-10-8-22(9-11(2)23-10)14-6-5-12-16(13-4-3-7-19-20-13)21-24-17(12)15(14)18/h3-7,10-11H,8-9H2,1-2H3/t10-,11+. The van der Waals surface area contributed by atoms with Gasteiger partial charge >= 0.3 is 0 Å². The molecule has 0 bridgehead atoms. The van der Waals surface area contributed by atoms with Crippen LogP contribution in [0.25, 0.3) is 22.4 Å². The molecule has 6 nitrogen and oxygen atoms in total. The van der Waals surface area contributed by atoms with Crippen molar-refractivity contribution in [2.24, 2.45) is 0 Å². The number of ether oxygens (including phenoxy) is 1. The SMILES string of the molecule is C[C@@H]1CN(c2ccc3c(-c4cccnn4)noc3c2F)C[C@H](C)O1. The highest BCUT2D eigenvalue weighted by molar-refractivity contribution is 5.92. The second-order valence-corrected chi connectivity index (χ2v) is 6.08. The first-order chi connectivity index (χ1) is 11.6. The van der Waals surface area contributed by atoms with E-state index >= 15 is 0 Å². The molecule has 0 spiro atoms. The van der Waals surface area contributed by atoms with E-state index in [1.807, 2.05) is 24.8 Å². The molecule has 24 heavy (non-hydrogen) atoms. The van der Waals surface area contributed by atoms with Gasteiger partial charge in [0, 0.05) is 19.3 Å². The Kier molecular flexibility index (Phi) is 3.65. The van der Waals surface area contributed by atoms with Crippen molar-refractivity contribution in [3.63, 3.8) is 0 Å². The van der Waals surface area contributed by atoms with Crippen molar-refractivity contribution in [2.45, 2.75) is 26.1 Å². The van der Waals surface area contributed by atoms with Crippen molar-refractivity contribution in [2.75, 3.05) is 18.0 Å². The van der Waals surface area contributed by atoms with Crippen molar-refractivity contribution >= 4 is 16.7 Å². The summed E-state index contributed by atoms with van der Waals surface area (Å²) < 4.78 is 26.0. The van der Waals surface area contributed by atoms with Crippen LogP contribution in [0.1, 0.15) is 13.8 Å². The van der Waals surface area contributed by atoms with Gasteiger partial charge in [-0.1, -0.05) is 5.16 Å². The lowest BCUT2D eigenvalue weighted by atomic mass is 10.1. The molecule has 0 radical (unpaired) electrons. The molecule has 1 aliphatic heterocycles. The smallest absolute Gasteiger partial charge is 0.205 e. The fourth-order valence-corrected chi connectivity index (χ4v) is 3.19. The van der Waals surface area contributed by atoms with Crippen LogP contribution in [-0.4, -0.2) is 40.7 Å². The molecule has 0 amide bonds. The van der Waals surface area contributed by atoms with Crippen LogP contribution in [0, 0.1) is 5.82 Å². The fourth-order valence-electron chi connectivity index (χ4n) is 3.19. The lowest BCUT2D eigenvalue weighted by molar-refractivity contribution is -0.00538. The van der Waals surface area contributed by atoms with E-state index in [2.05, 4.69) is 15.4 Å². The summed E-state index contributed by atoms with van der Waals surface area (Å²) in [4.78, 5) is 1.98. The molecular formula is C17H17FN4O2. The maximum atomic E-state index is 15.0. The van der Waals surface area contributed by atoms with Gasteiger partial charge in [-0.25, -0.2) is 4.39 Å². The van der Waals surface area contributed by atoms with Gasteiger partial charge in [0.2, 0.25) is 5.58 Å². The van der Waals surface area contributed by atoms with Crippen LogP contribution in [-0.2, 0) is 4.74 Å². The van der Waals surface area contributed by atoms with Gasteiger partial charge in [-0.05, 0) is 38.1 Å². The Hall–Kier alpha value is -2.54. The summed E-state index contributed by atoms with van der Waals surface area (Å²) in [5.41, 5.74) is 1.69. The highest BCUT2D eigenvalue weighted by Gasteiger charge is 2.26. The number of fused-ring (bicyclic) bond motifs is 1. The van der Waals surface area contributed by atoms with Gasteiger partial charge in [-0.3, -0.25) is 0 Å². The minimum absolute atomic E-state index is 0.0497. The van der Waals surface area contributed by atoms with E-state index in [1.165, 1.54) is 0 Å². The number of hydrogen-bond acceptors (Lipinski definition) is 6. The van der Waals surface area contributed by atoms with Crippen LogP contribution in [0.3, 0.4) is 0 Å². The van der Waals surface area contributed by atoms with E-state index < -0.39 is 5.82 Å². The molecule has 124 valence electrons. The molecule has 1 aromatic carbocycles. The quantitative estimate of drug-likeness (QED) is 0.720. The predicted octanol–water partition coefficient (Wildman–Crippen LogP) is 3.04. The Bertz CT molecular complexity index is 858. The Labute approximate surface area is 138 Å². The number of rotatable bonds is 2. The molecule has 3 heterocycles. The third-order valence-electron chi connectivity index (χ3n) is 4.14. The zero-order valence-electron chi connectivity index (χ0n) is 13.4. The maximum absolute atomic E-state index is 15.0. The molecule has 7 heteroatoms. The molecule has 1 fully saturated rings. The van der Waals surface area contributed by atoms with E-state index in [0.717, 1.165) is 0 Å². The number of hydrogen-bond donors (Lipinski definition) is 0. The second kappa shape index (κ2) is 5.83. The second-order valence-electron chi connectivity index (χ2n) is 6.08. The Morgan fingerprint density at radius 1 is 1.17 bits per heavy atom. The lowest BCUT2D eigenvalue weighted by Gasteiger charge is -2.36. The van der Waals surface area contributed by atoms with Gasteiger partial charge in [0.05, 0.1) is 23.3 Å². The number of anilines is 1. The first-order valence-electron chi connectivity index (χ1n) is 7.90. The molecule has 2 atom stereocenters. The average Bonchev–Trinajstić information content (AvgIpc) is 3.00. The number of morpholine rings is 1. The Balaban J connectivity index is 1.77. The first kappa shape index (κ1) is 15.0. The third kappa shape index (κ3) is 2.50. The minimum atomic E-state index is -0.406. The number of benzene rings is 1. The number of nitrogens with zero attached hydrogens (tertiary/aromatic N) is 4. The minimum Gasteiger partial charge on any atom is -0.372 e. The molecule has 0 unspecified atom stereocenters. The molecule has 2 aromatic heterocycles. The van der Waals surface area contributed by atoms with Crippen LogP contribution in [0.15, 0.2) is 35.0 Å². The van der Waals surface area contributed by atoms with Crippen molar-refractivity contribution in [3.8, 4) is 11.4 Å². The third-order valence-corrected chi connectivity index (χ3v) is 4.14. The molecular weight excluding hydrogens is 311 g/mol. The van der Waals surface area contributed by atoms with Crippen LogP contribution >= 0.6 is 0 Å². The van der Waals surface area contributed by atoms with Crippen LogP contribution < -0.4 is 4.90 Å². The monoisotopic (exact) mass is 328 g/mol. The van der Waals surface area contributed by atoms with E-state index in [9.17, 15) is 4.39 Å². The highest BCUT2D eigenvalue weighted by atomic mass is 19.1. The van der Waals surface area contributed by atoms with Gasteiger partial charge in [0.15, 0.2) is 5.82 Å². The summed E-state index contributed by atoms with van der Waals surface area (Å²) in [6, 6.07) is 7.10.